The summed E-state index contributed by atoms with van der Waals surface area (Å²) in [6.07, 6.45) is 2.67. The Morgan fingerprint density at radius 1 is 1.33 bits per heavy atom. The van der Waals surface area contributed by atoms with Gasteiger partial charge in [-0.2, -0.15) is 0 Å². The molecule has 0 spiro atoms. The summed E-state index contributed by atoms with van der Waals surface area (Å²) in [5, 5.41) is 17.5. The first-order valence-electron chi connectivity index (χ1n) is 5.59. The number of ether oxygens (including phenoxy) is 1. The molecule has 1 aliphatic rings. The average Bonchev–Trinajstić information content (AvgIpc) is 2.57. The van der Waals surface area contributed by atoms with E-state index in [1.807, 2.05) is 6.92 Å². The smallest absolute Gasteiger partial charge is 0.309 e. The van der Waals surface area contributed by atoms with Crippen LogP contribution in [0.25, 0.3) is 0 Å². The molecule has 0 unspecified atom stereocenters. The largest absolute Gasteiger partial charge is 0.463 e. The van der Waals surface area contributed by atoms with Gasteiger partial charge in [0.2, 0.25) is 0 Å². The topological polar surface area (TPSA) is 66.8 Å². The van der Waals surface area contributed by atoms with Crippen LogP contribution in [0.5, 0.6) is 0 Å². The lowest BCUT2D eigenvalue weighted by molar-refractivity contribution is -0.152. The summed E-state index contributed by atoms with van der Waals surface area (Å²) in [5.41, 5.74) is 0. The van der Waals surface area contributed by atoms with Crippen molar-refractivity contribution in [3.8, 4) is 0 Å². The van der Waals surface area contributed by atoms with E-state index in [4.69, 9.17) is 14.9 Å². The van der Waals surface area contributed by atoms with Crippen LogP contribution in [-0.2, 0) is 9.53 Å². The molecule has 0 aromatic heterocycles. The number of esters is 1. The molecule has 4 heteroatoms. The lowest BCUT2D eigenvalue weighted by Gasteiger charge is -2.20. The fourth-order valence-corrected chi connectivity index (χ4v) is 2.46. The molecule has 1 fully saturated rings. The molecule has 4 nitrogen and oxygen atoms in total. The number of carbonyl (C=O) groups is 1. The Labute approximate surface area is 90.2 Å². The van der Waals surface area contributed by atoms with E-state index in [2.05, 4.69) is 0 Å². The fraction of sp³-hybridized carbons (Fsp3) is 0.909. The monoisotopic (exact) mass is 216 g/mol. The van der Waals surface area contributed by atoms with Gasteiger partial charge in [-0.1, -0.05) is 6.92 Å². The Bertz CT molecular complexity index is 203. The van der Waals surface area contributed by atoms with E-state index in [0.29, 0.717) is 12.3 Å². The number of hydrogen-bond acceptors (Lipinski definition) is 4. The standard InChI is InChI=1S/C11H20O4/c1-8-2-3-9(4-5-12)10(8)11(14)15-7-6-13/h8-10,12-13H,2-7H2,1H3/t8-,9+,10+/m1/s1. The minimum Gasteiger partial charge on any atom is -0.463 e. The van der Waals surface area contributed by atoms with Crippen molar-refractivity contribution in [2.45, 2.75) is 26.2 Å². The van der Waals surface area contributed by atoms with Gasteiger partial charge in [0, 0.05) is 6.61 Å². The van der Waals surface area contributed by atoms with Gasteiger partial charge in [-0.3, -0.25) is 4.79 Å². The summed E-state index contributed by atoms with van der Waals surface area (Å²) < 4.78 is 4.95. The number of aliphatic hydroxyl groups excluding tert-OH is 2. The molecule has 0 radical (unpaired) electrons. The summed E-state index contributed by atoms with van der Waals surface area (Å²) in [7, 11) is 0. The SMILES string of the molecule is C[C@@H]1CC[C@@H](CCO)[C@H]1C(=O)OCCO. The van der Waals surface area contributed by atoms with Crippen LogP contribution < -0.4 is 0 Å². The van der Waals surface area contributed by atoms with Crippen LogP contribution in [0, 0.1) is 17.8 Å². The lowest BCUT2D eigenvalue weighted by Crippen LogP contribution is -2.27. The van der Waals surface area contributed by atoms with Crippen molar-refractivity contribution in [2.24, 2.45) is 17.8 Å². The summed E-state index contributed by atoms with van der Waals surface area (Å²) in [6, 6.07) is 0. The number of rotatable bonds is 5. The predicted molar refractivity (Wildman–Crippen MR) is 55.1 cm³/mol. The van der Waals surface area contributed by atoms with Crippen molar-refractivity contribution in [3.63, 3.8) is 0 Å². The van der Waals surface area contributed by atoms with Gasteiger partial charge in [0.15, 0.2) is 0 Å². The molecule has 2 N–H and O–H groups in total. The Hall–Kier alpha value is -0.610. The van der Waals surface area contributed by atoms with Crippen molar-refractivity contribution in [3.05, 3.63) is 0 Å². The molecule has 0 heterocycles. The zero-order valence-corrected chi connectivity index (χ0v) is 9.19. The van der Waals surface area contributed by atoms with Gasteiger partial charge in [-0.25, -0.2) is 0 Å². The first-order valence-corrected chi connectivity index (χ1v) is 5.59. The molecule has 0 bridgehead atoms. The van der Waals surface area contributed by atoms with Crippen LogP contribution in [0.3, 0.4) is 0 Å². The second-order valence-electron chi connectivity index (χ2n) is 4.24. The van der Waals surface area contributed by atoms with Gasteiger partial charge >= 0.3 is 5.97 Å². The quantitative estimate of drug-likeness (QED) is 0.659. The number of carbonyl (C=O) groups excluding carboxylic acids is 1. The number of aliphatic hydroxyl groups is 2. The van der Waals surface area contributed by atoms with E-state index in [-0.39, 0.29) is 37.6 Å². The van der Waals surface area contributed by atoms with Crippen LogP contribution in [0.15, 0.2) is 0 Å². The third-order valence-corrected chi connectivity index (χ3v) is 3.22. The Balaban J connectivity index is 2.50. The summed E-state index contributed by atoms with van der Waals surface area (Å²) in [6.45, 7) is 2.12. The van der Waals surface area contributed by atoms with Gasteiger partial charge in [-0.05, 0) is 31.1 Å². The van der Waals surface area contributed by atoms with Crippen molar-refractivity contribution in [1.82, 2.24) is 0 Å². The van der Waals surface area contributed by atoms with E-state index < -0.39 is 0 Å². The highest BCUT2D eigenvalue weighted by atomic mass is 16.5. The molecular weight excluding hydrogens is 196 g/mol. The van der Waals surface area contributed by atoms with Crippen LogP contribution in [0.2, 0.25) is 0 Å². The minimum absolute atomic E-state index is 0.0773. The molecule has 1 rings (SSSR count). The summed E-state index contributed by atoms with van der Waals surface area (Å²) in [5.74, 6) is 0.264. The van der Waals surface area contributed by atoms with Gasteiger partial charge in [0.1, 0.15) is 6.61 Å². The fourth-order valence-electron chi connectivity index (χ4n) is 2.46. The highest BCUT2D eigenvalue weighted by Crippen LogP contribution is 2.39. The zero-order chi connectivity index (χ0) is 11.3. The number of hydrogen-bond donors (Lipinski definition) is 2. The van der Waals surface area contributed by atoms with Gasteiger partial charge < -0.3 is 14.9 Å². The van der Waals surface area contributed by atoms with E-state index >= 15 is 0 Å². The van der Waals surface area contributed by atoms with Gasteiger partial charge in [0.25, 0.3) is 0 Å². The second-order valence-corrected chi connectivity index (χ2v) is 4.24. The maximum Gasteiger partial charge on any atom is 0.309 e. The molecule has 0 amide bonds. The van der Waals surface area contributed by atoms with Crippen LogP contribution in [0.4, 0.5) is 0 Å². The van der Waals surface area contributed by atoms with Gasteiger partial charge in [-0.15, -0.1) is 0 Å². The molecule has 0 aliphatic heterocycles. The second kappa shape index (κ2) is 6.08. The third-order valence-electron chi connectivity index (χ3n) is 3.22. The maximum atomic E-state index is 11.7. The van der Waals surface area contributed by atoms with E-state index in [9.17, 15) is 4.79 Å². The van der Waals surface area contributed by atoms with Crippen LogP contribution >= 0.6 is 0 Å². The molecule has 0 saturated heterocycles. The zero-order valence-electron chi connectivity index (χ0n) is 9.19. The highest BCUT2D eigenvalue weighted by molar-refractivity contribution is 5.73. The molecule has 1 aliphatic carbocycles. The van der Waals surface area contributed by atoms with E-state index in [1.165, 1.54) is 0 Å². The minimum atomic E-state index is -0.215. The van der Waals surface area contributed by atoms with E-state index in [0.717, 1.165) is 12.8 Å². The normalized spacial score (nSPS) is 30.5. The maximum absolute atomic E-state index is 11.7. The van der Waals surface area contributed by atoms with Crippen molar-refractivity contribution < 1.29 is 19.7 Å². The van der Waals surface area contributed by atoms with Gasteiger partial charge in [0.05, 0.1) is 12.5 Å². The van der Waals surface area contributed by atoms with Crippen LogP contribution in [0.1, 0.15) is 26.2 Å². The Morgan fingerprint density at radius 3 is 2.67 bits per heavy atom. The lowest BCUT2D eigenvalue weighted by atomic mass is 9.88. The molecule has 0 aromatic carbocycles. The molecule has 0 aromatic rings. The first-order chi connectivity index (χ1) is 7.20. The predicted octanol–water partition coefficient (Wildman–Crippen LogP) is 0.567. The molecule has 1 saturated carbocycles. The Kier molecular flexibility index (Phi) is 5.05. The molecule has 15 heavy (non-hydrogen) atoms. The molecule has 3 atom stereocenters. The Morgan fingerprint density at radius 2 is 2.07 bits per heavy atom. The van der Waals surface area contributed by atoms with Crippen molar-refractivity contribution in [1.29, 1.82) is 0 Å². The third kappa shape index (κ3) is 3.18. The summed E-state index contributed by atoms with van der Waals surface area (Å²) >= 11 is 0. The highest BCUT2D eigenvalue weighted by Gasteiger charge is 2.38. The first kappa shape index (κ1) is 12.5. The van der Waals surface area contributed by atoms with E-state index in [1.54, 1.807) is 0 Å². The summed E-state index contributed by atoms with van der Waals surface area (Å²) in [4.78, 5) is 11.7. The molecular formula is C11H20O4. The van der Waals surface area contributed by atoms with Crippen LogP contribution in [-0.4, -0.2) is 36.0 Å². The molecule has 88 valence electrons. The van der Waals surface area contributed by atoms with Crippen molar-refractivity contribution >= 4 is 5.97 Å². The van der Waals surface area contributed by atoms with Crippen molar-refractivity contribution in [2.75, 3.05) is 19.8 Å². The average molecular weight is 216 g/mol.